The van der Waals surface area contributed by atoms with Crippen LogP contribution in [0, 0.1) is 11.8 Å². The van der Waals surface area contributed by atoms with Crippen molar-refractivity contribution in [2.24, 2.45) is 11.8 Å². The fraction of sp³-hybridized carbons (Fsp3) is 0.435. The van der Waals surface area contributed by atoms with E-state index in [1.54, 1.807) is 31.4 Å². The number of rotatable bonds is 8. The molecule has 1 fully saturated rings. The number of nitrogens with one attached hydrogen (secondary N) is 2. The number of nitrogens with zero attached hydrogens (tertiary/aromatic N) is 1. The molecule has 1 heterocycles. The first kappa shape index (κ1) is 23.1. The highest BCUT2D eigenvalue weighted by atomic mass is 32.2. The lowest BCUT2D eigenvalue weighted by Gasteiger charge is -2.34. The molecule has 1 saturated heterocycles. The molecular weight excluding hydrogens is 414 g/mol. The summed E-state index contributed by atoms with van der Waals surface area (Å²) in [6, 6.07) is 12.5. The molecule has 31 heavy (non-hydrogen) atoms. The quantitative estimate of drug-likeness (QED) is 0.652. The minimum absolute atomic E-state index is 0.0937. The van der Waals surface area contributed by atoms with Gasteiger partial charge < -0.3 is 15.0 Å². The van der Waals surface area contributed by atoms with Gasteiger partial charge in [0.15, 0.2) is 0 Å². The van der Waals surface area contributed by atoms with Crippen molar-refractivity contribution in [3.63, 3.8) is 0 Å². The number of carbonyl (C=O) groups excluding carboxylic acids is 1. The smallest absolute Gasteiger partial charge is 0.261 e. The van der Waals surface area contributed by atoms with Crippen molar-refractivity contribution in [2.75, 3.05) is 38.0 Å². The normalized spacial score (nSPS) is 19.6. The van der Waals surface area contributed by atoms with E-state index in [0.717, 1.165) is 19.6 Å². The molecule has 2 N–H and O–H groups in total. The Bertz CT molecular complexity index is 965. The third-order valence-electron chi connectivity index (χ3n) is 5.43. The predicted molar refractivity (Wildman–Crippen MR) is 122 cm³/mol. The molecule has 1 aliphatic rings. The van der Waals surface area contributed by atoms with Gasteiger partial charge in [0.05, 0.1) is 12.0 Å². The zero-order chi connectivity index (χ0) is 22.4. The third-order valence-corrected chi connectivity index (χ3v) is 6.82. The molecule has 2 aromatic rings. The first-order valence-electron chi connectivity index (χ1n) is 10.5. The summed E-state index contributed by atoms with van der Waals surface area (Å²) in [6.45, 7) is 8.04. The number of carbonyl (C=O) groups is 1. The van der Waals surface area contributed by atoms with Crippen molar-refractivity contribution in [2.45, 2.75) is 25.2 Å². The van der Waals surface area contributed by atoms with Gasteiger partial charge in [0.25, 0.3) is 15.9 Å². The summed E-state index contributed by atoms with van der Waals surface area (Å²) >= 11 is 0. The standard InChI is InChI=1S/C23H31N3O4S/c1-17-14-18(2)16-26(15-17)13-12-24-23(27)19-4-10-22(11-5-19)31(28,29)25-20-6-8-21(30-3)9-7-20/h4-11,17-18,25H,12-16H2,1-3H3,(H,24,27)/t17-,18-/m0/s1. The molecule has 0 aromatic heterocycles. The number of amides is 1. The summed E-state index contributed by atoms with van der Waals surface area (Å²) in [5.41, 5.74) is 0.868. The van der Waals surface area contributed by atoms with Gasteiger partial charge in [-0.2, -0.15) is 0 Å². The lowest BCUT2D eigenvalue weighted by Crippen LogP contribution is -2.42. The highest BCUT2D eigenvalue weighted by Gasteiger charge is 2.21. The maximum absolute atomic E-state index is 12.6. The van der Waals surface area contributed by atoms with E-state index in [-0.39, 0.29) is 10.8 Å². The van der Waals surface area contributed by atoms with Crippen molar-refractivity contribution >= 4 is 21.6 Å². The SMILES string of the molecule is COc1ccc(NS(=O)(=O)c2ccc(C(=O)NCCN3C[C@@H](C)C[C@H](C)C3)cc2)cc1. The Balaban J connectivity index is 1.54. The van der Waals surface area contributed by atoms with Gasteiger partial charge in [-0.3, -0.25) is 9.52 Å². The van der Waals surface area contributed by atoms with E-state index >= 15 is 0 Å². The number of ether oxygens (including phenoxy) is 1. The maximum atomic E-state index is 12.6. The molecule has 0 saturated carbocycles. The molecule has 168 valence electrons. The summed E-state index contributed by atoms with van der Waals surface area (Å²) in [4.78, 5) is 14.9. The molecule has 7 nitrogen and oxygen atoms in total. The first-order valence-corrected chi connectivity index (χ1v) is 12.0. The lowest BCUT2D eigenvalue weighted by atomic mass is 9.92. The monoisotopic (exact) mass is 445 g/mol. The zero-order valence-corrected chi connectivity index (χ0v) is 19.1. The van der Waals surface area contributed by atoms with Crippen LogP contribution in [0.15, 0.2) is 53.4 Å². The predicted octanol–water partition coefficient (Wildman–Crippen LogP) is 3.20. The molecule has 3 rings (SSSR count). The van der Waals surface area contributed by atoms with Crippen molar-refractivity contribution in [1.29, 1.82) is 0 Å². The molecule has 2 aromatic carbocycles. The van der Waals surface area contributed by atoms with Crippen molar-refractivity contribution in [3.05, 3.63) is 54.1 Å². The third kappa shape index (κ3) is 6.45. The number of anilines is 1. The Kier molecular flexibility index (Phi) is 7.56. The number of hydrogen-bond donors (Lipinski definition) is 2. The van der Waals surface area contributed by atoms with Crippen LogP contribution in [0.5, 0.6) is 5.75 Å². The van der Waals surface area contributed by atoms with E-state index in [1.807, 2.05) is 0 Å². The second-order valence-corrected chi connectivity index (χ2v) is 10.0. The minimum atomic E-state index is -3.75. The molecule has 0 radical (unpaired) electrons. The largest absolute Gasteiger partial charge is 0.497 e. The Morgan fingerprint density at radius 2 is 1.65 bits per heavy atom. The van der Waals surface area contributed by atoms with Crippen LogP contribution in [-0.2, 0) is 10.0 Å². The van der Waals surface area contributed by atoms with E-state index in [2.05, 4.69) is 28.8 Å². The molecule has 0 bridgehead atoms. The van der Waals surface area contributed by atoms with Gasteiger partial charge in [0.2, 0.25) is 0 Å². The topological polar surface area (TPSA) is 87.7 Å². The van der Waals surface area contributed by atoms with Gasteiger partial charge in [-0.05, 0) is 66.8 Å². The Morgan fingerprint density at radius 3 is 2.23 bits per heavy atom. The number of methoxy groups -OCH3 is 1. The molecular formula is C23H31N3O4S. The highest BCUT2D eigenvalue weighted by Crippen LogP contribution is 2.21. The number of sulfonamides is 1. The summed E-state index contributed by atoms with van der Waals surface area (Å²) in [5.74, 6) is 1.80. The summed E-state index contributed by atoms with van der Waals surface area (Å²) < 4.78 is 32.8. The van der Waals surface area contributed by atoms with Gasteiger partial charge in [0, 0.05) is 37.4 Å². The van der Waals surface area contributed by atoms with E-state index < -0.39 is 10.0 Å². The number of likely N-dealkylation sites (tertiary alicyclic amines) is 1. The molecule has 8 heteroatoms. The Morgan fingerprint density at radius 1 is 1.03 bits per heavy atom. The van der Waals surface area contributed by atoms with Gasteiger partial charge in [-0.15, -0.1) is 0 Å². The number of hydrogen-bond acceptors (Lipinski definition) is 5. The van der Waals surface area contributed by atoms with Gasteiger partial charge in [-0.1, -0.05) is 13.8 Å². The summed E-state index contributed by atoms with van der Waals surface area (Å²) in [6.07, 6.45) is 1.26. The second-order valence-electron chi connectivity index (χ2n) is 8.32. The van der Waals surface area contributed by atoms with E-state index in [9.17, 15) is 13.2 Å². The average Bonchev–Trinajstić information content (AvgIpc) is 2.73. The van der Waals surface area contributed by atoms with Gasteiger partial charge in [-0.25, -0.2) is 8.42 Å². The van der Waals surface area contributed by atoms with Crippen LogP contribution in [-0.4, -0.2) is 52.5 Å². The molecule has 2 atom stereocenters. The van der Waals surface area contributed by atoms with Gasteiger partial charge in [0.1, 0.15) is 5.75 Å². The number of benzene rings is 2. The first-order chi connectivity index (χ1) is 14.8. The van der Waals surface area contributed by atoms with Crippen molar-refractivity contribution in [3.8, 4) is 5.75 Å². The average molecular weight is 446 g/mol. The van der Waals surface area contributed by atoms with Crippen molar-refractivity contribution < 1.29 is 17.9 Å². The molecule has 0 unspecified atom stereocenters. The van der Waals surface area contributed by atoms with E-state index in [0.29, 0.717) is 35.4 Å². The van der Waals surface area contributed by atoms with Crippen LogP contribution in [0.1, 0.15) is 30.6 Å². The van der Waals surface area contributed by atoms with Crippen LogP contribution in [0.25, 0.3) is 0 Å². The minimum Gasteiger partial charge on any atom is -0.497 e. The molecule has 0 spiro atoms. The van der Waals surface area contributed by atoms with E-state index in [4.69, 9.17) is 4.74 Å². The number of piperidine rings is 1. The van der Waals surface area contributed by atoms with Crippen LogP contribution >= 0.6 is 0 Å². The molecule has 1 aliphatic heterocycles. The van der Waals surface area contributed by atoms with Gasteiger partial charge >= 0.3 is 0 Å². The summed E-state index contributed by atoms with van der Waals surface area (Å²) in [5, 5.41) is 2.93. The van der Waals surface area contributed by atoms with Crippen molar-refractivity contribution in [1.82, 2.24) is 10.2 Å². The second kappa shape index (κ2) is 10.2. The van der Waals surface area contributed by atoms with Crippen LogP contribution in [0.3, 0.4) is 0 Å². The maximum Gasteiger partial charge on any atom is 0.261 e. The Hall–Kier alpha value is -2.58. The fourth-order valence-electron chi connectivity index (χ4n) is 4.06. The lowest BCUT2D eigenvalue weighted by molar-refractivity contribution is 0.0936. The fourth-order valence-corrected chi connectivity index (χ4v) is 5.12. The molecule has 1 amide bonds. The Labute approximate surface area is 184 Å². The molecule has 0 aliphatic carbocycles. The van der Waals surface area contributed by atoms with Crippen LogP contribution in [0.4, 0.5) is 5.69 Å². The zero-order valence-electron chi connectivity index (χ0n) is 18.3. The summed E-state index contributed by atoms with van der Waals surface area (Å²) in [7, 11) is -2.20. The van der Waals surface area contributed by atoms with Crippen LogP contribution in [0.2, 0.25) is 0 Å². The van der Waals surface area contributed by atoms with Crippen LogP contribution < -0.4 is 14.8 Å². The van der Waals surface area contributed by atoms with E-state index in [1.165, 1.54) is 30.7 Å². The highest BCUT2D eigenvalue weighted by molar-refractivity contribution is 7.92.